The van der Waals surface area contributed by atoms with Crippen LogP contribution in [0.15, 0.2) is 11.0 Å². The van der Waals surface area contributed by atoms with Crippen molar-refractivity contribution >= 4 is 17.4 Å². The lowest BCUT2D eigenvalue weighted by molar-refractivity contribution is 0.101. The lowest BCUT2D eigenvalue weighted by Gasteiger charge is -1.99. The molecule has 0 saturated carbocycles. The largest absolute Gasteiger partial charge is 0.294 e. The second-order valence-corrected chi connectivity index (χ2v) is 2.74. The number of hydrogen-bond donors (Lipinski definition) is 0. The molecule has 0 amide bonds. The average Bonchev–Trinajstić information content (AvgIpc) is 2.00. The number of aromatic nitrogens is 2. The van der Waals surface area contributed by atoms with Crippen molar-refractivity contribution in [3.63, 3.8) is 0 Å². The van der Waals surface area contributed by atoms with E-state index in [0.717, 1.165) is 4.68 Å². The summed E-state index contributed by atoms with van der Waals surface area (Å²) in [5.41, 5.74) is -0.288. The zero-order valence-corrected chi connectivity index (χ0v) is 7.42. The van der Waals surface area contributed by atoms with Gasteiger partial charge in [-0.25, -0.2) is 4.68 Å². The number of aryl methyl sites for hydroxylation is 1. The van der Waals surface area contributed by atoms with Gasteiger partial charge in [0.15, 0.2) is 5.78 Å². The highest BCUT2D eigenvalue weighted by atomic mass is 35.5. The molecular weight excluding hydrogens is 180 g/mol. The van der Waals surface area contributed by atoms with Crippen LogP contribution in [0.25, 0.3) is 0 Å². The summed E-state index contributed by atoms with van der Waals surface area (Å²) in [6.07, 6.45) is 1.28. The first-order valence-electron chi connectivity index (χ1n) is 3.26. The van der Waals surface area contributed by atoms with Crippen molar-refractivity contribution in [1.82, 2.24) is 9.78 Å². The van der Waals surface area contributed by atoms with Crippen LogP contribution in [0.1, 0.15) is 17.3 Å². The number of rotatable bonds is 1. The number of nitrogens with zero attached hydrogens (tertiary/aromatic N) is 2. The predicted octanol–water partition coefficient (Wildman–Crippen LogP) is 0.636. The van der Waals surface area contributed by atoms with Crippen LogP contribution in [0.4, 0.5) is 0 Å². The summed E-state index contributed by atoms with van der Waals surface area (Å²) in [5, 5.41) is 3.59. The maximum Gasteiger partial charge on any atom is 0.285 e. The number of halogens is 1. The highest BCUT2D eigenvalue weighted by Gasteiger charge is 2.10. The molecule has 1 rings (SSSR count). The topological polar surface area (TPSA) is 52.0 Å². The van der Waals surface area contributed by atoms with E-state index in [0.29, 0.717) is 0 Å². The van der Waals surface area contributed by atoms with Crippen LogP contribution >= 0.6 is 11.6 Å². The number of hydrogen-bond acceptors (Lipinski definition) is 3. The number of carbonyl (C=O) groups is 1. The van der Waals surface area contributed by atoms with E-state index in [-0.39, 0.29) is 16.4 Å². The van der Waals surface area contributed by atoms with Gasteiger partial charge < -0.3 is 0 Å². The van der Waals surface area contributed by atoms with Gasteiger partial charge in [-0.1, -0.05) is 11.6 Å². The Morgan fingerprint density at radius 1 is 1.67 bits per heavy atom. The van der Waals surface area contributed by atoms with E-state index in [2.05, 4.69) is 5.10 Å². The summed E-state index contributed by atoms with van der Waals surface area (Å²) >= 11 is 5.60. The van der Waals surface area contributed by atoms with Crippen LogP contribution in [0.5, 0.6) is 0 Å². The van der Waals surface area contributed by atoms with E-state index in [1.165, 1.54) is 20.2 Å². The van der Waals surface area contributed by atoms with Crippen LogP contribution in [-0.2, 0) is 7.05 Å². The fourth-order valence-electron chi connectivity index (χ4n) is 0.756. The molecule has 1 aromatic heterocycles. The quantitative estimate of drug-likeness (QED) is 0.605. The van der Waals surface area contributed by atoms with Gasteiger partial charge in [0.1, 0.15) is 5.02 Å². The van der Waals surface area contributed by atoms with Gasteiger partial charge in [-0.05, 0) is 6.92 Å². The normalized spacial score (nSPS) is 9.92. The molecule has 1 heterocycles. The Bertz CT molecular complexity index is 383. The van der Waals surface area contributed by atoms with Gasteiger partial charge in [-0.3, -0.25) is 9.59 Å². The minimum Gasteiger partial charge on any atom is -0.294 e. The zero-order chi connectivity index (χ0) is 9.30. The molecule has 0 atom stereocenters. The molecule has 0 aromatic carbocycles. The minimum absolute atomic E-state index is 0.0694. The molecule has 12 heavy (non-hydrogen) atoms. The third kappa shape index (κ3) is 1.38. The van der Waals surface area contributed by atoms with Gasteiger partial charge in [0.2, 0.25) is 0 Å². The molecule has 0 aliphatic heterocycles. The van der Waals surface area contributed by atoms with E-state index >= 15 is 0 Å². The average molecular weight is 187 g/mol. The highest BCUT2D eigenvalue weighted by molar-refractivity contribution is 6.33. The lowest BCUT2D eigenvalue weighted by Crippen LogP contribution is -2.21. The molecule has 0 aliphatic carbocycles. The maximum absolute atomic E-state index is 11.1. The second kappa shape index (κ2) is 3.06. The standard InChI is InChI=1S/C7H7ClN2O2/c1-4(11)5-3-9-10(2)7(12)6(5)8/h3H,1-2H3. The van der Waals surface area contributed by atoms with Gasteiger partial charge in [0.05, 0.1) is 11.8 Å². The van der Waals surface area contributed by atoms with Crippen molar-refractivity contribution in [1.29, 1.82) is 0 Å². The maximum atomic E-state index is 11.1. The summed E-state index contributed by atoms with van der Waals surface area (Å²) in [4.78, 5) is 22.0. The summed E-state index contributed by atoms with van der Waals surface area (Å²) in [6, 6.07) is 0. The number of carbonyl (C=O) groups excluding carboxylic acids is 1. The van der Waals surface area contributed by atoms with Gasteiger partial charge in [0, 0.05) is 7.05 Å². The Kier molecular flexibility index (Phi) is 2.28. The summed E-state index contributed by atoms with van der Waals surface area (Å²) in [7, 11) is 1.47. The van der Waals surface area contributed by atoms with Crippen LogP contribution in [0.3, 0.4) is 0 Å². The zero-order valence-electron chi connectivity index (χ0n) is 6.67. The summed E-state index contributed by atoms with van der Waals surface area (Å²) < 4.78 is 1.08. The Labute approximate surface area is 73.8 Å². The van der Waals surface area contributed by atoms with Gasteiger partial charge in [-0.2, -0.15) is 5.10 Å². The Balaban J connectivity index is 3.47. The fraction of sp³-hybridized carbons (Fsp3) is 0.286. The Hall–Kier alpha value is -1.16. The molecular formula is C7H7ClN2O2. The van der Waals surface area contributed by atoms with Crippen molar-refractivity contribution in [3.8, 4) is 0 Å². The monoisotopic (exact) mass is 186 g/mol. The predicted molar refractivity (Wildman–Crippen MR) is 44.5 cm³/mol. The third-order valence-electron chi connectivity index (χ3n) is 1.46. The van der Waals surface area contributed by atoms with Crippen molar-refractivity contribution in [2.75, 3.05) is 0 Å². The third-order valence-corrected chi connectivity index (χ3v) is 1.82. The molecule has 0 unspecified atom stereocenters. The Morgan fingerprint density at radius 3 is 2.75 bits per heavy atom. The SMILES string of the molecule is CC(=O)c1cnn(C)c(=O)c1Cl. The summed E-state index contributed by atoms with van der Waals surface area (Å²) in [5.74, 6) is -0.259. The smallest absolute Gasteiger partial charge is 0.285 e. The highest BCUT2D eigenvalue weighted by Crippen LogP contribution is 2.08. The van der Waals surface area contributed by atoms with Crippen molar-refractivity contribution in [2.24, 2.45) is 7.05 Å². The van der Waals surface area contributed by atoms with E-state index < -0.39 is 5.56 Å². The van der Waals surface area contributed by atoms with Crippen molar-refractivity contribution in [3.05, 3.63) is 27.1 Å². The van der Waals surface area contributed by atoms with Gasteiger partial charge in [0.25, 0.3) is 5.56 Å². The van der Waals surface area contributed by atoms with E-state index in [9.17, 15) is 9.59 Å². The molecule has 0 fully saturated rings. The van der Waals surface area contributed by atoms with Crippen LogP contribution in [0.2, 0.25) is 5.02 Å². The van der Waals surface area contributed by atoms with E-state index in [1.54, 1.807) is 0 Å². The molecule has 0 spiro atoms. The summed E-state index contributed by atoms with van der Waals surface area (Å²) in [6.45, 7) is 1.34. The molecule has 4 nitrogen and oxygen atoms in total. The minimum atomic E-state index is -0.454. The molecule has 5 heteroatoms. The van der Waals surface area contributed by atoms with Crippen molar-refractivity contribution < 1.29 is 4.79 Å². The molecule has 0 bridgehead atoms. The lowest BCUT2D eigenvalue weighted by atomic mass is 10.2. The van der Waals surface area contributed by atoms with Crippen molar-refractivity contribution in [2.45, 2.75) is 6.92 Å². The Morgan fingerprint density at radius 2 is 2.25 bits per heavy atom. The van der Waals surface area contributed by atoms with Crippen LogP contribution < -0.4 is 5.56 Å². The molecule has 0 aliphatic rings. The molecule has 1 aromatic rings. The van der Waals surface area contributed by atoms with E-state index in [1.807, 2.05) is 0 Å². The fourth-order valence-corrected chi connectivity index (χ4v) is 1.06. The molecule has 0 saturated heterocycles. The van der Waals surface area contributed by atoms with Crippen LogP contribution in [0, 0.1) is 0 Å². The first kappa shape index (κ1) is 8.93. The number of Topliss-reactive ketones (excluding diaryl/α,β-unsaturated/α-hetero) is 1. The second-order valence-electron chi connectivity index (χ2n) is 2.36. The van der Waals surface area contributed by atoms with Crippen LogP contribution in [-0.4, -0.2) is 15.6 Å². The van der Waals surface area contributed by atoms with Gasteiger partial charge in [-0.15, -0.1) is 0 Å². The number of ketones is 1. The first-order chi connectivity index (χ1) is 5.54. The molecule has 0 N–H and O–H groups in total. The molecule has 0 radical (unpaired) electrons. The first-order valence-corrected chi connectivity index (χ1v) is 3.64. The molecule has 64 valence electrons. The van der Waals surface area contributed by atoms with Gasteiger partial charge >= 0.3 is 0 Å². The van der Waals surface area contributed by atoms with E-state index in [4.69, 9.17) is 11.6 Å².